The SMILES string of the molecule is CC(=O)Nc1ccc(S(=O)(=O)N(C2CC2)C2CCN(Cc3ccccc3)CC2)cc1. The highest BCUT2D eigenvalue weighted by atomic mass is 32.2. The molecule has 160 valence electrons. The Morgan fingerprint density at radius 2 is 1.57 bits per heavy atom. The van der Waals surface area contributed by atoms with Gasteiger partial charge >= 0.3 is 0 Å². The van der Waals surface area contributed by atoms with Crippen molar-refractivity contribution in [3.05, 3.63) is 60.2 Å². The lowest BCUT2D eigenvalue weighted by molar-refractivity contribution is -0.114. The monoisotopic (exact) mass is 427 g/mol. The summed E-state index contributed by atoms with van der Waals surface area (Å²) in [6, 6.07) is 17.1. The molecule has 6 nitrogen and oxygen atoms in total. The van der Waals surface area contributed by atoms with Gasteiger partial charge in [-0.05, 0) is 55.5 Å². The second kappa shape index (κ2) is 8.88. The summed E-state index contributed by atoms with van der Waals surface area (Å²) in [5.41, 5.74) is 1.90. The van der Waals surface area contributed by atoms with E-state index in [1.807, 2.05) is 6.07 Å². The van der Waals surface area contributed by atoms with Crippen molar-refractivity contribution >= 4 is 21.6 Å². The van der Waals surface area contributed by atoms with Crippen molar-refractivity contribution in [2.45, 2.75) is 56.1 Å². The van der Waals surface area contributed by atoms with Crippen LogP contribution in [0.15, 0.2) is 59.5 Å². The smallest absolute Gasteiger partial charge is 0.243 e. The number of hydrogen-bond acceptors (Lipinski definition) is 4. The summed E-state index contributed by atoms with van der Waals surface area (Å²) in [5.74, 6) is -0.174. The minimum atomic E-state index is -3.56. The lowest BCUT2D eigenvalue weighted by Crippen LogP contribution is -2.48. The number of benzene rings is 2. The molecule has 0 radical (unpaired) electrons. The number of sulfonamides is 1. The molecule has 2 aromatic carbocycles. The number of nitrogens with zero attached hydrogens (tertiary/aromatic N) is 2. The van der Waals surface area contributed by atoms with Crippen LogP contribution < -0.4 is 5.32 Å². The zero-order valence-corrected chi connectivity index (χ0v) is 18.1. The van der Waals surface area contributed by atoms with Gasteiger partial charge in [0.15, 0.2) is 0 Å². The van der Waals surface area contributed by atoms with E-state index < -0.39 is 10.0 Å². The van der Waals surface area contributed by atoms with Crippen molar-refractivity contribution in [1.29, 1.82) is 0 Å². The fourth-order valence-electron chi connectivity index (χ4n) is 4.23. The van der Waals surface area contributed by atoms with Crippen LogP contribution in [0.25, 0.3) is 0 Å². The predicted octanol–water partition coefficient (Wildman–Crippen LogP) is 3.46. The fourth-order valence-corrected chi connectivity index (χ4v) is 6.16. The van der Waals surface area contributed by atoms with Gasteiger partial charge in [-0.2, -0.15) is 4.31 Å². The lowest BCUT2D eigenvalue weighted by atomic mass is 10.0. The van der Waals surface area contributed by atoms with Gasteiger partial charge in [0.1, 0.15) is 0 Å². The molecule has 30 heavy (non-hydrogen) atoms. The summed E-state index contributed by atoms with van der Waals surface area (Å²) in [7, 11) is -3.56. The first-order valence-corrected chi connectivity index (χ1v) is 12.0. The van der Waals surface area contributed by atoms with E-state index >= 15 is 0 Å². The van der Waals surface area contributed by atoms with Crippen molar-refractivity contribution in [2.75, 3.05) is 18.4 Å². The molecule has 0 spiro atoms. The van der Waals surface area contributed by atoms with Gasteiger partial charge in [-0.25, -0.2) is 8.42 Å². The molecule has 1 aliphatic carbocycles. The summed E-state index contributed by atoms with van der Waals surface area (Å²) in [6.45, 7) is 4.15. The van der Waals surface area contributed by atoms with Crippen molar-refractivity contribution in [3.8, 4) is 0 Å². The van der Waals surface area contributed by atoms with Gasteiger partial charge in [0.25, 0.3) is 0 Å². The second-order valence-electron chi connectivity index (χ2n) is 8.26. The van der Waals surface area contributed by atoms with Crippen molar-refractivity contribution in [3.63, 3.8) is 0 Å². The minimum absolute atomic E-state index is 0.0459. The van der Waals surface area contributed by atoms with Gasteiger partial charge in [0, 0.05) is 44.3 Å². The second-order valence-corrected chi connectivity index (χ2v) is 10.1. The molecule has 0 aromatic heterocycles. The Labute approximate surface area is 178 Å². The van der Waals surface area contributed by atoms with Crippen LogP contribution in [0, 0.1) is 0 Å². The molecule has 4 rings (SSSR count). The van der Waals surface area contributed by atoms with Crippen LogP contribution in [-0.2, 0) is 21.4 Å². The number of likely N-dealkylation sites (tertiary alicyclic amines) is 1. The van der Waals surface area contributed by atoms with Crippen LogP contribution in [0.3, 0.4) is 0 Å². The number of carbonyl (C=O) groups is 1. The molecule has 0 atom stereocenters. The summed E-state index contributed by atoms with van der Waals surface area (Å²) < 4.78 is 28.7. The Morgan fingerprint density at radius 3 is 2.13 bits per heavy atom. The van der Waals surface area contributed by atoms with Crippen molar-refractivity contribution in [1.82, 2.24) is 9.21 Å². The van der Waals surface area contributed by atoms with E-state index in [0.717, 1.165) is 45.3 Å². The van der Waals surface area contributed by atoms with Crippen LogP contribution in [0.2, 0.25) is 0 Å². The third-order valence-corrected chi connectivity index (χ3v) is 7.84. The molecule has 1 heterocycles. The van der Waals surface area contributed by atoms with Gasteiger partial charge in [0.2, 0.25) is 15.9 Å². The minimum Gasteiger partial charge on any atom is -0.326 e. The van der Waals surface area contributed by atoms with Crippen LogP contribution in [0.1, 0.15) is 38.2 Å². The Balaban J connectivity index is 1.44. The number of carbonyl (C=O) groups excluding carboxylic acids is 1. The fraction of sp³-hybridized carbons (Fsp3) is 0.435. The van der Waals surface area contributed by atoms with Crippen molar-refractivity contribution < 1.29 is 13.2 Å². The van der Waals surface area contributed by atoms with E-state index in [2.05, 4.69) is 34.5 Å². The van der Waals surface area contributed by atoms with Crippen molar-refractivity contribution in [2.24, 2.45) is 0 Å². The molecule has 0 bridgehead atoms. The van der Waals surface area contributed by atoms with Gasteiger partial charge < -0.3 is 5.32 Å². The highest BCUT2D eigenvalue weighted by Crippen LogP contribution is 2.37. The predicted molar refractivity (Wildman–Crippen MR) is 118 cm³/mol. The topological polar surface area (TPSA) is 69.7 Å². The van der Waals surface area contributed by atoms with Gasteiger partial charge in [-0.1, -0.05) is 30.3 Å². The third-order valence-electron chi connectivity index (χ3n) is 5.82. The van der Waals surface area contributed by atoms with Crippen LogP contribution in [-0.4, -0.2) is 48.7 Å². The molecular weight excluding hydrogens is 398 g/mol. The van der Waals surface area contributed by atoms with E-state index in [1.165, 1.54) is 12.5 Å². The normalized spacial score (nSPS) is 18.5. The Bertz CT molecular complexity index is 965. The lowest BCUT2D eigenvalue weighted by Gasteiger charge is -2.38. The van der Waals surface area contributed by atoms with Crippen LogP contribution in [0.4, 0.5) is 5.69 Å². The molecule has 1 saturated carbocycles. The van der Waals surface area contributed by atoms with Gasteiger partial charge in [-0.3, -0.25) is 9.69 Å². The van der Waals surface area contributed by atoms with Crippen LogP contribution >= 0.6 is 0 Å². The summed E-state index contributed by atoms with van der Waals surface area (Å²) >= 11 is 0. The van der Waals surface area contributed by atoms with E-state index in [0.29, 0.717) is 10.6 Å². The first-order valence-electron chi connectivity index (χ1n) is 10.6. The first kappa shape index (κ1) is 21.0. The summed E-state index contributed by atoms with van der Waals surface area (Å²) in [5, 5.41) is 2.68. The molecule has 0 unspecified atom stereocenters. The van der Waals surface area contributed by atoms with Gasteiger partial charge in [-0.15, -0.1) is 0 Å². The molecule has 1 N–H and O–H groups in total. The third kappa shape index (κ3) is 4.91. The van der Waals surface area contributed by atoms with Crippen LogP contribution in [0.5, 0.6) is 0 Å². The largest absolute Gasteiger partial charge is 0.326 e. The zero-order valence-electron chi connectivity index (χ0n) is 17.3. The molecule has 1 aliphatic heterocycles. The standard InChI is InChI=1S/C23H29N3O3S/c1-18(27)24-20-7-11-23(12-8-20)30(28,29)26(21-9-10-21)22-13-15-25(16-14-22)17-19-5-3-2-4-6-19/h2-8,11-12,21-22H,9-10,13-17H2,1H3,(H,24,27). The summed E-state index contributed by atoms with van der Waals surface area (Å²) in [6.07, 6.45) is 3.58. The number of rotatable bonds is 7. The maximum Gasteiger partial charge on any atom is 0.243 e. The number of anilines is 1. The average Bonchev–Trinajstić information content (AvgIpc) is 3.55. The molecule has 2 aromatic rings. The molecule has 2 aliphatic rings. The summed E-state index contributed by atoms with van der Waals surface area (Å²) in [4.78, 5) is 13.9. The first-order chi connectivity index (χ1) is 14.4. The maximum atomic E-state index is 13.4. The average molecular weight is 428 g/mol. The maximum absolute atomic E-state index is 13.4. The highest BCUT2D eigenvalue weighted by Gasteiger charge is 2.43. The van der Waals surface area contributed by atoms with E-state index in [1.54, 1.807) is 28.6 Å². The number of amides is 1. The number of hydrogen-bond donors (Lipinski definition) is 1. The van der Waals surface area contributed by atoms with E-state index in [-0.39, 0.29) is 18.0 Å². The highest BCUT2D eigenvalue weighted by molar-refractivity contribution is 7.89. The molecule has 2 fully saturated rings. The molecular formula is C23H29N3O3S. The number of nitrogens with one attached hydrogen (secondary N) is 1. The Morgan fingerprint density at radius 1 is 0.967 bits per heavy atom. The molecule has 7 heteroatoms. The van der Waals surface area contributed by atoms with E-state index in [4.69, 9.17) is 0 Å². The van der Waals surface area contributed by atoms with Gasteiger partial charge in [0.05, 0.1) is 4.90 Å². The van der Waals surface area contributed by atoms with E-state index in [9.17, 15) is 13.2 Å². The zero-order chi connectivity index (χ0) is 21.1. The quantitative estimate of drug-likeness (QED) is 0.735. The molecule has 1 saturated heterocycles. The Hall–Kier alpha value is -2.22. The number of piperidine rings is 1. The molecule has 1 amide bonds. The Kier molecular flexibility index (Phi) is 6.22.